The van der Waals surface area contributed by atoms with Crippen LogP contribution in [-0.4, -0.2) is 36.3 Å². The Hall–Kier alpha value is -3.64. The van der Waals surface area contributed by atoms with E-state index in [4.69, 9.17) is 4.74 Å². The number of likely N-dealkylation sites (tertiary alicyclic amines) is 1. The summed E-state index contributed by atoms with van der Waals surface area (Å²) in [4.78, 5) is 27.3. The fraction of sp³-hybridized carbons (Fsp3) is 0.259. The van der Waals surface area contributed by atoms with Crippen molar-refractivity contribution in [2.45, 2.75) is 19.4 Å². The Kier molecular flexibility index (Phi) is 7.72. The number of hydrogen-bond donors (Lipinski definition) is 2. The van der Waals surface area contributed by atoms with Crippen molar-refractivity contribution in [3.63, 3.8) is 0 Å². The molecule has 3 aromatic rings. The fourth-order valence-corrected chi connectivity index (χ4v) is 3.95. The molecule has 0 atom stereocenters. The molecule has 0 aliphatic carbocycles. The van der Waals surface area contributed by atoms with Gasteiger partial charge in [0.2, 0.25) is 11.8 Å². The summed E-state index contributed by atoms with van der Waals surface area (Å²) < 4.78 is 5.92. The summed E-state index contributed by atoms with van der Waals surface area (Å²) in [6, 6.07) is 26.8. The van der Waals surface area contributed by atoms with Gasteiger partial charge in [0.1, 0.15) is 5.75 Å². The van der Waals surface area contributed by atoms with Crippen LogP contribution in [0.25, 0.3) is 0 Å². The van der Waals surface area contributed by atoms with Crippen LogP contribution in [0.3, 0.4) is 0 Å². The number of piperidine rings is 1. The van der Waals surface area contributed by atoms with Crippen molar-refractivity contribution < 1.29 is 14.3 Å². The smallest absolute Gasteiger partial charge is 0.238 e. The van der Waals surface area contributed by atoms with Gasteiger partial charge in [0.05, 0.1) is 12.2 Å². The van der Waals surface area contributed by atoms with Gasteiger partial charge in [-0.05, 0) is 55.8 Å². The molecule has 0 bridgehead atoms. The predicted molar refractivity (Wildman–Crippen MR) is 129 cm³/mol. The molecule has 1 saturated heterocycles. The van der Waals surface area contributed by atoms with Crippen LogP contribution in [-0.2, 0) is 16.1 Å². The molecule has 4 rings (SSSR count). The molecular formula is C27H29N3O3. The number of carbonyl (C=O) groups excluding carboxylic acids is 2. The number of nitrogens with one attached hydrogen (secondary N) is 2. The number of carbonyl (C=O) groups is 2. The largest absolute Gasteiger partial charge is 0.455 e. The van der Waals surface area contributed by atoms with Gasteiger partial charge < -0.3 is 15.4 Å². The number of ether oxygens (including phenoxy) is 1. The minimum Gasteiger partial charge on any atom is -0.455 e. The summed E-state index contributed by atoms with van der Waals surface area (Å²) in [5.74, 6) is 1.31. The molecule has 0 saturated carbocycles. The van der Waals surface area contributed by atoms with Crippen LogP contribution in [0.15, 0.2) is 84.9 Å². The van der Waals surface area contributed by atoms with Crippen molar-refractivity contribution >= 4 is 17.5 Å². The summed E-state index contributed by atoms with van der Waals surface area (Å²) in [6.45, 7) is 2.28. The number of para-hydroxylation sites is 3. The maximum absolute atomic E-state index is 12.7. The van der Waals surface area contributed by atoms with Crippen LogP contribution in [0.1, 0.15) is 18.4 Å². The number of anilines is 1. The van der Waals surface area contributed by atoms with Crippen LogP contribution in [0, 0.1) is 5.92 Å². The van der Waals surface area contributed by atoms with E-state index in [1.807, 2.05) is 84.9 Å². The molecule has 1 aliphatic rings. The van der Waals surface area contributed by atoms with Crippen LogP contribution < -0.4 is 15.4 Å². The third kappa shape index (κ3) is 6.67. The first-order chi connectivity index (χ1) is 16.2. The van der Waals surface area contributed by atoms with Gasteiger partial charge in [-0.2, -0.15) is 0 Å². The van der Waals surface area contributed by atoms with Gasteiger partial charge >= 0.3 is 0 Å². The van der Waals surface area contributed by atoms with Gasteiger partial charge in [0.15, 0.2) is 5.75 Å². The second-order valence-corrected chi connectivity index (χ2v) is 8.21. The molecule has 1 heterocycles. The molecular weight excluding hydrogens is 414 g/mol. The molecule has 2 N–H and O–H groups in total. The number of amides is 2. The third-order valence-corrected chi connectivity index (χ3v) is 5.77. The second-order valence-electron chi connectivity index (χ2n) is 8.21. The van der Waals surface area contributed by atoms with Crippen LogP contribution >= 0.6 is 0 Å². The van der Waals surface area contributed by atoms with Gasteiger partial charge in [-0.15, -0.1) is 0 Å². The van der Waals surface area contributed by atoms with E-state index in [1.165, 1.54) is 0 Å². The first kappa shape index (κ1) is 22.6. The van der Waals surface area contributed by atoms with Crippen LogP contribution in [0.2, 0.25) is 0 Å². The molecule has 2 amide bonds. The minimum absolute atomic E-state index is 0.00646. The highest BCUT2D eigenvalue weighted by atomic mass is 16.5. The van der Waals surface area contributed by atoms with Crippen molar-refractivity contribution in [2.75, 3.05) is 25.0 Å². The fourth-order valence-electron chi connectivity index (χ4n) is 3.95. The zero-order valence-electron chi connectivity index (χ0n) is 18.6. The lowest BCUT2D eigenvalue weighted by Gasteiger charge is -2.30. The molecule has 0 unspecified atom stereocenters. The molecule has 3 aromatic carbocycles. The third-order valence-electron chi connectivity index (χ3n) is 5.77. The van der Waals surface area contributed by atoms with E-state index in [1.54, 1.807) is 0 Å². The lowest BCUT2D eigenvalue weighted by Crippen LogP contribution is -2.43. The van der Waals surface area contributed by atoms with Gasteiger partial charge in [-0.3, -0.25) is 14.5 Å². The van der Waals surface area contributed by atoms with Crippen molar-refractivity contribution in [1.82, 2.24) is 10.2 Å². The van der Waals surface area contributed by atoms with Gasteiger partial charge in [0.25, 0.3) is 0 Å². The monoisotopic (exact) mass is 443 g/mol. The van der Waals surface area contributed by atoms with Crippen LogP contribution in [0.5, 0.6) is 11.5 Å². The number of benzene rings is 3. The van der Waals surface area contributed by atoms with E-state index in [9.17, 15) is 9.59 Å². The normalized spacial score (nSPS) is 14.4. The molecule has 0 aromatic heterocycles. The first-order valence-electron chi connectivity index (χ1n) is 11.3. The Balaban J connectivity index is 1.23. The maximum Gasteiger partial charge on any atom is 0.238 e. The van der Waals surface area contributed by atoms with E-state index in [2.05, 4.69) is 15.5 Å². The van der Waals surface area contributed by atoms with E-state index in [-0.39, 0.29) is 24.3 Å². The highest BCUT2D eigenvalue weighted by Crippen LogP contribution is 2.29. The molecule has 1 aliphatic heterocycles. The lowest BCUT2D eigenvalue weighted by atomic mass is 9.96. The lowest BCUT2D eigenvalue weighted by molar-refractivity contribution is -0.126. The standard InChI is InChI=1S/C27H29N3O3/c31-26(29-24-13-7-8-14-25(24)33-23-11-5-2-6-12-23)20-30-17-15-22(16-18-30)27(32)28-19-21-9-3-1-4-10-21/h1-14,22H,15-20H2,(H,28,32)(H,29,31). The average Bonchev–Trinajstić information content (AvgIpc) is 2.85. The van der Waals surface area contributed by atoms with E-state index >= 15 is 0 Å². The summed E-state index contributed by atoms with van der Waals surface area (Å²) in [6.07, 6.45) is 1.50. The zero-order valence-corrected chi connectivity index (χ0v) is 18.6. The summed E-state index contributed by atoms with van der Waals surface area (Å²) in [7, 11) is 0. The number of rotatable bonds is 8. The van der Waals surface area contributed by atoms with Crippen LogP contribution in [0.4, 0.5) is 5.69 Å². The molecule has 6 heteroatoms. The van der Waals surface area contributed by atoms with Crippen molar-refractivity contribution in [1.29, 1.82) is 0 Å². The summed E-state index contributed by atoms with van der Waals surface area (Å²) in [5.41, 5.74) is 1.73. The van der Waals surface area contributed by atoms with Crippen molar-refractivity contribution in [3.8, 4) is 11.5 Å². The highest BCUT2D eigenvalue weighted by Gasteiger charge is 2.26. The molecule has 33 heavy (non-hydrogen) atoms. The molecule has 1 fully saturated rings. The Labute approximate surface area is 194 Å². The quantitative estimate of drug-likeness (QED) is 0.540. The first-order valence-corrected chi connectivity index (χ1v) is 11.3. The molecule has 6 nitrogen and oxygen atoms in total. The molecule has 0 radical (unpaired) electrons. The zero-order chi connectivity index (χ0) is 22.9. The van der Waals surface area contributed by atoms with Gasteiger partial charge in [-0.1, -0.05) is 60.7 Å². The topological polar surface area (TPSA) is 70.7 Å². The van der Waals surface area contributed by atoms with Crippen molar-refractivity contribution in [3.05, 3.63) is 90.5 Å². The summed E-state index contributed by atoms with van der Waals surface area (Å²) >= 11 is 0. The Bertz CT molecular complexity index is 1050. The average molecular weight is 444 g/mol. The Morgan fingerprint density at radius 3 is 2.21 bits per heavy atom. The predicted octanol–water partition coefficient (Wildman–Crippen LogP) is 4.45. The maximum atomic E-state index is 12.7. The van der Waals surface area contributed by atoms with E-state index in [0.717, 1.165) is 31.5 Å². The SMILES string of the molecule is O=C(CN1CCC(C(=O)NCc2ccccc2)CC1)Nc1ccccc1Oc1ccccc1. The molecule has 170 valence electrons. The van der Waals surface area contributed by atoms with Crippen molar-refractivity contribution in [2.24, 2.45) is 5.92 Å². The van der Waals surface area contributed by atoms with E-state index < -0.39 is 0 Å². The van der Waals surface area contributed by atoms with Gasteiger partial charge in [-0.25, -0.2) is 0 Å². The van der Waals surface area contributed by atoms with Gasteiger partial charge in [0, 0.05) is 12.5 Å². The molecule has 0 spiro atoms. The Morgan fingerprint density at radius 2 is 1.48 bits per heavy atom. The number of hydrogen-bond acceptors (Lipinski definition) is 4. The Morgan fingerprint density at radius 1 is 0.848 bits per heavy atom. The number of nitrogens with zero attached hydrogens (tertiary/aromatic N) is 1. The summed E-state index contributed by atoms with van der Waals surface area (Å²) in [5, 5.41) is 6.00. The minimum atomic E-state index is -0.0916. The second kappa shape index (κ2) is 11.3. The highest BCUT2D eigenvalue weighted by molar-refractivity contribution is 5.93. The van der Waals surface area contributed by atoms with E-state index in [0.29, 0.717) is 23.7 Å².